The molecule has 0 radical (unpaired) electrons. The van der Waals surface area contributed by atoms with Crippen LogP contribution in [0.4, 0.5) is 0 Å². The highest BCUT2D eigenvalue weighted by Crippen LogP contribution is 2.53. The van der Waals surface area contributed by atoms with Crippen LogP contribution >= 0.6 is 0 Å². The number of benzene rings is 8. The Morgan fingerprint density at radius 2 is 1.13 bits per heavy atom. The van der Waals surface area contributed by atoms with Crippen molar-refractivity contribution in [1.29, 1.82) is 0 Å². The summed E-state index contributed by atoms with van der Waals surface area (Å²) in [6, 6.07) is 48.5. The lowest BCUT2D eigenvalue weighted by Crippen LogP contribution is -2.56. The average molecular weight is 830 g/mol. The fourth-order valence-corrected chi connectivity index (χ4v) is 11.9. The molecular weight excluding hydrogens is 771 g/mol. The third kappa shape index (κ3) is 5.15. The Hall–Kier alpha value is -6.95. The number of nitrogens with zero attached hydrogens (tertiary/aromatic N) is 3. The Morgan fingerprint density at radius 3 is 1.74 bits per heavy atom. The van der Waals surface area contributed by atoms with Gasteiger partial charge in [0.1, 0.15) is 19.6 Å². The number of aryl methyl sites for hydroxylation is 1. The molecule has 2 aliphatic rings. The van der Waals surface area contributed by atoms with Gasteiger partial charge in [-0.1, -0.05) is 143 Å². The molecule has 300 valence electrons. The largest absolute Gasteiger partial charge is 0.457 e. The van der Waals surface area contributed by atoms with Crippen molar-refractivity contribution >= 4 is 46.3 Å². The maximum absolute atomic E-state index is 9.78. The van der Waals surface area contributed by atoms with Crippen LogP contribution in [0.2, 0.25) is 13.0 Å². The van der Waals surface area contributed by atoms with E-state index < -0.39 is 40.1 Å². The smallest absolute Gasteiger partial charge is 0.220 e. The number of para-hydroxylation sites is 4. The molecule has 0 bridgehead atoms. The van der Waals surface area contributed by atoms with Crippen molar-refractivity contribution in [2.75, 3.05) is 0 Å². The molecule has 0 saturated heterocycles. The van der Waals surface area contributed by atoms with Crippen LogP contribution in [0.25, 0.3) is 89.2 Å². The van der Waals surface area contributed by atoms with Crippen molar-refractivity contribution in [2.24, 2.45) is 0 Å². The van der Waals surface area contributed by atoms with Gasteiger partial charge in [-0.3, -0.25) is 8.97 Å². The number of hydrogen-bond donors (Lipinski definition) is 0. The van der Waals surface area contributed by atoms with Crippen molar-refractivity contribution in [2.45, 2.75) is 52.8 Å². The first-order valence-corrected chi connectivity index (χ1v) is 22.8. The summed E-state index contributed by atoms with van der Waals surface area (Å²) < 4.78 is 123. The summed E-state index contributed by atoms with van der Waals surface area (Å²) in [7, 11) is -5.35. The summed E-state index contributed by atoms with van der Waals surface area (Å²) in [5, 5.41) is -0.327. The van der Waals surface area contributed by atoms with Gasteiger partial charge < -0.3 is 4.74 Å². The zero-order valence-corrected chi connectivity index (χ0v) is 35.3. The van der Waals surface area contributed by atoms with Crippen molar-refractivity contribution in [3.8, 4) is 72.8 Å². The van der Waals surface area contributed by atoms with E-state index in [1.165, 1.54) is 24.3 Å². The number of hydrogen-bond acceptors (Lipinski definition) is 2. The summed E-state index contributed by atoms with van der Waals surface area (Å²) in [5.41, 5.74) is 9.66. The van der Waals surface area contributed by atoms with Crippen LogP contribution in [0.15, 0.2) is 158 Å². The average Bonchev–Trinajstić information content (AvgIpc) is 3.89. The molecule has 8 aromatic carbocycles. The summed E-state index contributed by atoms with van der Waals surface area (Å²) in [6.45, 7) is -6.19. The Bertz CT molecular complexity index is 3990. The van der Waals surface area contributed by atoms with Gasteiger partial charge in [0, 0.05) is 22.0 Å². The van der Waals surface area contributed by atoms with E-state index in [-0.39, 0.29) is 44.3 Å². The highest BCUT2D eigenvalue weighted by Gasteiger charge is 2.40. The lowest BCUT2D eigenvalue weighted by atomic mass is 9.74. The first kappa shape index (κ1) is 26.4. The summed E-state index contributed by atoms with van der Waals surface area (Å²) in [4.78, 5) is 5.11. The molecule has 2 aromatic heterocycles. The van der Waals surface area contributed by atoms with Crippen LogP contribution in [-0.2, 0) is 5.41 Å². The molecular formula is C57H47N3OSi. The summed E-state index contributed by atoms with van der Waals surface area (Å²) in [6.07, 6.45) is 0. The first-order valence-electron chi connectivity index (χ1n) is 26.8. The molecule has 0 amide bonds. The molecule has 0 fully saturated rings. The molecule has 1 aliphatic carbocycles. The Balaban J connectivity index is 1.34. The van der Waals surface area contributed by atoms with E-state index in [1.807, 2.05) is 122 Å². The normalized spacial score (nSPS) is 17.3. The molecule has 0 spiro atoms. The van der Waals surface area contributed by atoms with Crippen LogP contribution in [0.1, 0.15) is 53.9 Å². The molecule has 10 aromatic rings. The number of aromatic nitrogens is 3. The second-order valence-electron chi connectivity index (χ2n) is 17.5. The van der Waals surface area contributed by atoms with E-state index in [2.05, 4.69) is 36.4 Å². The van der Waals surface area contributed by atoms with Gasteiger partial charge in [0.15, 0.2) is 0 Å². The van der Waals surface area contributed by atoms with Crippen LogP contribution in [0.5, 0.6) is 11.5 Å². The van der Waals surface area contributed by atoms with E-state index >= 15 is 0 Å². The van der Waals surface area contributed by atoms with Gasteiger partial charge >= 0.3 is 0 Å². The Morgan fingerprint density at radius 1 is 0.548 bits per heavy atom. The van der Waals surface area contributed by atoms with Gasteiger partial charge in [-0.25, -0.2) is 4.98 Å². The zero-order chi connectivity index (χ0) is 52.2. The summed E-state index contributed by atoms with van der Waals surface area (Å²) >= 11 is 0. The van der Waals surface area contributed by atoms with Crippen molar-refractivity contribution in [3.05, 3.63) is 174 Å². The number of ether oxygens (including phenoxy) is 1. The second-order valence-corrected chi connectivity index (χ2v) is 20.1. The third-order valence-electron chi connectivity index (χ3n) is 12.8. The molecule has 0 N–H and O–H groups in total. The van der Waals surface area contributed by atoms with Gasteiger partial charge in [0.2, 0.25) is 5.78 Å². The van der Waals surface area contributed by atoms with Crippen LogP contribution in [0, 0.1) is 13.7 Å². The van der Waals surface area contributed by atoms with Gasteiger partial charge in [-0.15, -0.1) is 0 Å². The minimum absolute atomic E-state index is 0.00284. The van der Waals surface area contributed by atoms with Gasteiger partial charge in [-0.05, 0) is 145 Å². The molecule has 1 aliphatic heterocycles. The van der Waals surface area contributed by atoms with Crippen LogP contribution in [-0.4, -0.2) is 22.0 Å². The molecule has 0 unspecified atom stereocenters. The first-order chi connectivity index (χ1) is 34.9. The van der Waals surface area contributed by atoms with Crippen molar-refractivity contribution in [3.63, 3.8) is 0 Å². The maximum atomic E-state index is 9.78. The molecule has 12 rings (SSSR count). The van der Waals surface area contributed by atoms with Crippen molar-refractivity contribution < 1.29 is 21.2 Å². The van der Waals surface area contributed by atoms with E-state index in [4.69, 9.17) is 13.8 Å². The molecule has 3 heterocycles. The van der Waals surface area contributed by atoms with Crippen LogP contribution in [0.3, 0.4) is 0 Å². The zero-order valence-electron chi connectivity index (χ0n) is 46.3. The molecule has 0 saturated carbocycles. The summed E-state index contributed by atoms with van der Waals surface area (Å²) in [5.74, 6) is -0.203. The second kappa shape index (κ2) is 13.0. The molecule has 62 heavy (non-hydrogen) atoms. The molecule has 5 heteroatoms. The highest BCUT2D eigenvalue weighted by molar-refractivity contribution is 7.01. The van der Waals surface area contributed by atoms with Gasteiger partial charge in [-0.2, -0.15) is 0 Å². The van der Waals surface area contributed by atoms with Gasteiger partial charge in [0.05, 0.1) is 27.8 Å². The van der Waals surface area contributed by atoms with E-state index in [9.17, 15) is 12.3 Å². The fraction of sp³-hybridized carbons (Fsp3) is 0.140. The predicted octanol–water partition coefficient (Wildman–Crippen LogP) is 13.9. The van der Waals surface area contributed by atoms with E-state index in [0.717, 1.165) is 50.0 Å². The van der Waals surface area contributed by atoms with E-state index in [1.54, 1.807) is 4.57 Å². The number of fused-ring (bicyclic) bond motifs is 15. The predicted molar refractivity (Wildman–Crippen MR) is 262 cm³/mol. The standard InChI is InChI=1S/C57H47N3OSi/c1-34-28-29-52-51(30-34)61-55-53(62(52,6)7)33-50(60-49-27-17-16-26-48(49)59-47-25-15-14-24-46(47)58-56(59)60)35(2)54(55)44-31-42-40-22-12-10-20-38(40)36-18-8-9-19-37(36)39-21-11-13-23-41(39)43(42)32-45(44)57(3,4)5/h8-33H,1-7H3/i1D3,2D3,6D3,7D3. The lowest BCUT2D eigenvalue weighted by molar-refractivity contribution is 0.487. The number of imidazole rings is 2. The van der Waals surface area contributed by atoms with E-state index in [0.29, 0.717) is 33.5 Å². The minimum atomic E-state index is -5.35. The molecule has 4 nitrogen and oxygen atoms in total. The topological polar surface area (TPSA) is 31.5 Å². The lowest BCUT2D eigenvalue weighted by Gasteiger charge is -2.37. The SMILES string of the molecule is [2H]C([2H])([2H])c1ccc2c(c1)Oc1c(cc(-n3c4ccccc4n4c5ccccc5nc34)c(C([2H])([2H])[2H])c1-c1cc3c(cc1C(C)(C)C)-c1ccccc1-c1ccccc1-c1ccccc1-3)[Si]2(C([2H])([2H])[2H])C([2H])([2H])[2H]. The monoisotopic (exact) mass is 829 g/mol. The molecule has 0 atom stereocenters. The highest BCUT2D eigenvalue weighted by atomic mass is 28.3. The minimum Gasteiger partial charge on any atom is -0.457 e. The maximum Gasteiger partial charge on any atom is 0.220 e. The third-order valence-corrected chi connectivity index (χ3v) is 15.2. The number of rotatable bonds is 2. The fourth-order valence-electron chi connectivity index (χ4n) is 9.96. The quantitative estimate of drug-likeness (QED) is 0.163. The van der Waals surface area contributed by atoms with Gasteiger partial charge in [0.25, 0.3) is 0 Å². The Labute approximate surface area is 380 Å². The van der Waals surface area contributed by atoms with Crippen LogP contribution < -0.4 is 15.1 Å². The van der Waals surface area contributed by atoms with Crippen molar-refractivity contribution in [1.82, 2.24) is 14.0 Å². The Kier molecular flexibility index (Phi) is 5.55.